The van der Waals surface area contributed by atoms with Gasteiger partial charge in [0.15, 0.2) is 17.3 Å². The van der Waals surface area contributed by atoms with Gasteiger partial charge in [-0.1, -0.05) is 0 Å². The summed E-state index contributed by atoms with van der Waals surface area (Å²) in [5.41, 5.74) is 0.780. The fourth-order valence-corrected chi connectivity index (χ4v) is 1.78. The first-order valence-electron chi connectivity index (χ1n) is 6.45. The van der Waals surface area contributed by atoms with Gasteiger partial charge < -0.3 is 14.2 Å². The molecule has 0 spiro atoms. The highest BCUT2D eigenvalue weighted by atomic mass is 16.5. The molecule has 0 unspecified atom stereocenters. The second kappa shape index (κ2) is 6.74. The molecule has 0 fully saturated rings. The molecule has 1 aromatic heterocycles. The van der Waals surface area contributed by atoms with Crippen molar-refractivity contribution in [3.8, 4) is 22.9 Å². The fourth-order valence-electron chi connectivity index (χ4n) is 1.78. The van der Waals surface area contributed by atoms with Crippen LogP contribution in [0.3, 0.4) is 0 Å². The third kappa shape index (κ3) is 3.50. The van der Waals surface area contributed by atoms with E-state index in [2.05, 4.69) is 14.8 Å². The maximum atomic E-state index is 11.2. The monoisotopic (exact) mass is 291 g/mol. The smallest absolute Gasteiger partial charge is 0.327 e. The molecule has 7 nitrogen and oxygen atoms in total. The minimum absolute atomic E-state index is 0.0258. The lowest BCUT2D eigenvalue weighted by Crippen LogP contribution is -2.11. The van der Waals surface area contributed by atoms with E-state index in [4.69, 9.17) is 9.47 Å². The van der Waals surface area contributed by atoms with Crippen LogP contribution in [0.15, 0.2) is 24.5 Å². The predicted octanol–water partition coefficient (Wildman–Crippen LogP) is 1.53. The van der Waals surface area contributed by atoms with Crippen molar-refractivity contribution in [1.29, 1.82) is 0 Å². The molecule has 112 valence electrons. The highest BCUT2D eigenvalue weighted by molar-refractivity contribution is 5.69. The Labute approximate surface area is 122 Å². The highest BCUT2D eigenvalue weighted by Crippen LogP contribution is 2.31. The van der Waals surface area contributed by atoms with Crippen LogP contribution >= 0.6 is 0 Å². The van der Waals surface area contributed by atoms with Crippen LogP contribution in [0, 0.1) is 0 Å². The predicted molar refractivity (Wildman–Crippen MR) is 75.2 cm³/mol. The third-order valence-corrected chi connectivity index (χ3v) is 2.78. The topological polar surface area (TPSA) is 75.5 Å². The second-order valence-corrected chi connectivity index (χ2v) is 4.14. The van der Waals surface area contributed by atoms with Crippen molar-refractivity contribution < 1.29 is 19.0 Å². The number of aromatic nitrogens is 3. The lowest BCUT2D eigenvalue weighted by Gasteiger charge is -2.09. The Morgan fingerprint density at radius 1 is 1.29 bits per heavy atom. The van der Waals surface area contributed by atoms with E-state index in [0.29, 0.717) is 23.9 Å². The van der Waals surface area contributed by atoms with Crippen LogP contribution < -0.4 is 9.47 Å². The molecule has 0 aliphatic carbocycles. The lowest BCUT2D eigenvalue weighted by molar-refractivity contribution is -0.141. The van der Waals surface area contributed by atoms with Crippen LogP contribution in [0.4, 0.5) is 0 Å². The molecular weight excluding hydrogens is 274 g/mol. The van der Waals surface area contributed by atoms with Crippen LogP contribution in [0.2, 0.25) is 0 Å². The molecule has 2 rings (SSSR count). The Bertz CT molecular complexity index is 624. The number of ether oxygens (including phenoxy) is 3. The zero-order valence-corrected chi connectivity index (χ0v) is 12.2. The summed E-state index contributed by atoms with van der Waals surface area (Å²) in [6.07, 6.45) is 1.48. The summed E-state index contributed by atoms with van der Waals surface area (Å²) in [6.45, 7) is 2.46. The largest absolute Gasteiger partial charge is 0.493 e. The summed E-state index contributed by atoms with van der Waals surface area (Å²) in [4.78, 5) is 15.4. The Kier molecular flexibility index (Phi) is 4.76. The summed E-state index contributed by atoms with van der Waals surface area (Å²) in [6, 6.07) is 5.43. The molecule has 0 saturated heterocycles. The molecule has 1 aromatic carbocycles. The minimum atomic E-state index is -0.379. The van der Waals surface area contributed by atoms with E-state index in [0.717, 1.165) is 5.56 Å². The number of benzene rings is 1. The fraction of sp³-hybridized carbons (Fsp3) is 0.357. The van der Waals surface area contributed by atoms with E-state index in [1.165, 1.54) is 18.1 Å². The molecule has 1 heterocycles. The van der Waals surface area contributed by atoms with Crippen molar-refractivity contribution in [1.82, 2.24) is 14.8 Å². The van der Waals surface area contributed by atoms with Crippen molar-refractivity contribution in [2.45, 2.75) is 13.5 Å². The standard InChI is InChI=1S/C14H17N3O4/c1-4-21-12-7-10(5-6-11(12)19-2)14-15-9-17(16-14)8-13(18)20-3/h5-7,9H,4,8H2,1-3H3. The van der Waals surface area contributed by atoms with Crippen LogP contribution in [-0.4, -0.2) is 41.6 Å². The molecule has 21 heavy (non-hydrogen) atoms. The first-order valence-corrected chi connectivity index (χ1v) is 6.45. The van der Waals surface area contributed by atoms with Crippen LogP contribution in [0.5, 0.6) is 11.5 Å². The lowest BCUT2D eigenvalue weighted by atomic mass is 10.2. The van der Waals surface area contributed by atoms with Crippen molar-refractivity contribution in [3.05, 3.63) is 24.5 Å². The number of carbonyl (C=O) groups excluding carboxylic acids is 1. The zero-order valence-electron chi connectivity index (χ0n) is 12.2. The summed E-state index contributed by atoms with van der Waals surface area (Å²) >= 11 is 0. The number of hydrogen-bond acceptors (Lipinski definition) is 6. The van der Waals surface area contributed by atoms with Gasteiger partial charge in [-0.2, -0.15) is 5.10 Å². The highest BCUT2D eigenvalue weighted by Gasteiger charge is 2.11. The Morgan fingerprint density at radius 3 is 2.76 bits per heavy atom. The molecule has 0 amide bonds. The summed E-state index contributed by atoms with van der Waals surface area (Å²) in [5.74, 6) is 1.40. The summed E-state index contributed by atoms with van der Waals surface area (Å²) in [7, 11) is 2.92. The number of hydrogen-bond donors (Lipinski definition) is 0. The zero-order chi connectivity index (χ0) is 15.2. The molecule has 0 N–H and O–H groups in total. The van der Waals surface area contributed by atoms with Crippen LogP contribution in [0.1, 0.15) is 6.92 Å². The Morgan fingerprint density at radius 2 is 2.10 bits per heavy atom. The third-order valence-electron chi connectivity index (χ3n) is 2.78. The first kappa shape index (κ1) is 14.8. The van der Waals surface area contributed by atoms with Crippen molar-refractivity contribution >= 4 is 5.97 Å². The van der Waals surface area contributed by atoms with Crippen molar-refractivity contribution in [2.75, 3.05) is 20.8 Å². The van der Waals surface area contributed by atoms with Gasteiger partial charge in [0.05, 0.1) is 20.8 Å². The van der Waals surface area contributed by atoms with E-state index in [1.54, 1.807) is 19.2 Å². The molecule has 0 saturated carbocycles. The van der Waals surface area contributed by atoms with E-state index in [-0.39, 0.29) is 12.5 Å². The second-order valence-electron chi connectivity index (χ2n) is 4.14. The Balaban J connectivity index is 2.25. The number of rotatable bonds is 6. The van der Waals surface area contributed by atoms with Gasteiger partial charge in [-0.15, -0.1) is 0 Å². The molecular formula is C14H17N3O4. The number of methoxy groups -OCH3 is 2. The summed E-state index contributed by atoms with van der Waals surface area (Å²) < 4.78 is 16.8. The first-order chi connectivity index (χ1) is 10.2. The number of carbonyl (C=O) groups is 1. The molecule has 7 heteroatoms. The van der Waals surface area contributed by atoms with Gasteiger partial charge in [0.2, 0.25) is 0 Å². The Hall–Kier alpha value is -2.57. The van der Waals surface area contributed by atoms with Crippen molar-refractivity contribution in [3.63, 3.8) is 0 Å². The van der Waals surface area contributed by atoms with Gasteiger partial charge in [-0.3, -0.25) is 4.79 Å². The van der Waals surface area contributed by atoms with Gasteiger partial charge in [0.25, 0.3) is 0 Å². The molecule has 0 atom stereocenters. The molecule has 0 aliphatic rings. The van der Waals surface area contributed by atoms with E-state index < -0.39 is 0 Å². The quantitative estimate of drug-likeness (QED) is 0.751. The maximum absolute atomic E-state index is 11.2. The normalized spacial score (nSPS) is 10.2. The van der Waals surface area contributed by atoms with Crippen molar-refractivity contribution in [2.24, 2.45) is 0 Å². The van der Waals surface area contributed by atoms with Gasteiger partial charge >= 0.3 is 5.97 Å². The molecule has 0 radical (unpaired) electrons. The van der Waals surface area contributed by atoms with Crippen LogP contribution in [-0.2, 0) is 16.1 Å². The average Bonchev–Trinajstić information content (AvgIpc) is 2.96. The molecule has 0 aliphatic heterocycles. The summed E-state index contributed by atoms with van der Waals surface area (Å²) in [5, 5.41) is 4.23. The molecule has 0 bridgehead atoms. The maximum Gasteiger partial charge on any atom is 0.327 e. The molecule has 2 aromatic rings. The van der Waals surface area contributed by atoms with Gasteiger partial charge in [-0.05, 0) is 25.1 Å². The van der Waals surface area contributed by atoms with E-state index >= 15 is 0 Å². The van der Waals surface area contributed by atoms with E-state index in [9.17, 15) is 4.79 Å². The van der Waals surface area contributed by atoms with E-state index in [1.807, 2.05) is 13.0 Å². The number of nitrogens with zero attached hydrogens (tertiary/aromatic N) is 3. The number of esters is 1. The average molecular weight is 291 g/mol. The van der Waals surface area contributed by atoms with Gasteiger partial charge in [0, 0.05) is 5.56 Å². The van der Waals surface area contributed by atoms with Crippen LogP contribution in [0.25, 0.3) is 11.4 Å². The van der Waals surface area contributed by atoms with Gasteiger partial charge in [0.1, 0.15) is 12.9 Å². The minimum Gasteiger partial charge on any atom is -0.493 e. The SMILES string of the molecule is CCOc1cc(-c2ncn(CC(=O)OC)n2)ccc1OC. The van der Waals surface area contributed by atoms with Gasteiger partial charge in [-0.25, -0.2) is 9.67 Å².